The molecule has 0 aromatic carbocycles. The van der Waals surface area contributed by atoms with Gasteiger partial charge < -0.3 is 9.64 Å². The Balaban J connectivity index is 4.97. The first-order valence-electron chi connectivity index (χ1n) is 6.65. The van der Waals surface area contributed by atoms with E-state index in [1.54, 1.807) is 13.0 Å². The molecule has 0 aliphatic heterocycles. The van der Waals surface area contributed by atoms with E-state index in [0.29, 0.717) is 12.1 Å². The van der Waals surface area contributed by atoms with E-state index in [9.17, 15) is 9.59 Å². The molecule has 0 aliphatic rings. The SMILES string of the molecule is CCOC(=O)/C(=C/C=C/N(C(C)C)C(C)C)C(C)=O. The number of nitrogens with zero attached hydrogens (tertiary/aromatic N) is 1. The number of Topliss-reactive ketones (excluding diaryl/α,β-unsaturated/α-hetero) is 1. The maximum Gasteiger partial charge on any atom is 0.341 e. The predicted molar refractivity (Wildman–Crippen MR) is 76.6 cm³/mol. The molecule has 0 heterocycles. The molecule has 0 radical (unpaired) electrons. The number of allylic oxidation sites excluding steroid dienone is 2. The van der Waals surface area contributed by atoms with Crippen LogP contribution in [-0.4, -0.2) is 35.3 Å². The highest BCUT2D eigenvalue weighted by atomic mass is 16.5. The van der Waals surface area contributed by atoms with Crippen LogP contribution in [0.15, 0.2) is 23.9 Å². The zero-order valence-corrected chi connectivity index (χ0v) is 12.8. The van der Waals surface area contributed by atoms with Gasteiger partial charge in [0.1, 0.15) is 5.57 Å². The summed E-state index contributed by atoms with van der Waals surface area (Å²) in [5, 5.41) is 0. The Labute approximate surface area is 116 Å². The second-order valence-electron chi connectivity index (χ2n) is 4.83. The normalized spacial score (nSPS) is 12.3. The summed E-state index contributed by atoms with van der Waals surface area (Å²) < 4.78 is 4.84. The van der Waals surface area contributed by atoms with E-state index < -0.39 is 5.97 Å². The van der Waals surface area contributed by atoms with Crippen LogP contribution in [0.4, 0.5) is 0 Å². The van der Waals surface area contributed by atoms with Crippen molar-refractivity contribution in [3.8, 4) is 0 Å². The monoisotopic (exact) mass is 267 g/mol. The Hall–Kier alpha value is -1.58. The third-order valence-electron chi connectivity index (χ3n) is 2.59. The van der Waals surface area contributed by atoms with Crippen molar-refractivity contribution in [3.63, 3.8) is 0 Å². The number of rotatable bonds is 7. The number of ether oxygens (including phenoxy) is 1. The molecular formula is C15H25NO3. The number of carbonyl (C=O) groups is 2. The van der Waals surface area contributed by atoms with Crippen molar-refractivity contribution in [3.05, 3.63) is 23.9 Å². The van der Waals surface area contributed by atoms with Crippen LogP contribution in [0.3, 0.4) is 0 Å². The minimum atomic E-state index is -0.569. The van der Waals surface area contributed by atoms with Crippen molar-refractivity contribution in [2.45, 2.75) is 53.6 Å². The van der Waals surface area contributed by atoms with Gasteiger partial charge in [-0.2, -0.15) is 0 Å². The lowest BCUT2D eigenvalue weighted by Crippen LogP contribution is -2.31. The first kappa shape index (κ1) is 17.4. The molecule has 0 aromatic rings. The van der Waals surface area contributed by atoms with E-state index >= 15 is 0 Å². The summed E-state index contributed by atoms with van der Waals surface area (Å²) >= 11 is 0. The maximum atomic E-state index is 11.6. The Morgan fingerprint density at radius 2 is 1.68 bits per heavy atom. The van der Waals surface area contributed by atoms with Crippen molar-refractivity contribution < 1.29 is 14.3 Å². The van der Waals surface area contributed by atoms with Gasteiger partial charge in [0, 0.05) is 12.1 Å². The van der Waals surface area contributed by atoms with Crippen molar-refractivity contribution in [1.82, 2.24) is 4.90 Å². The first-order valence-corrected chi connectivity index (χ1v) is 6.65. The third kappa shape index (κ3) is 6.22. The van der Waals surface area contributed by atoms with Gasteiger partial charge in [-0.05, 0) is 59.9 Å². The van der Waals surface area contributed by atoms with Gasteiger partial charge in [-0.15, -0.1) is 0 Å². The van der Waals surface area contributed by atoms with Crippen molar-refractivity contribution in [1.29, 1.82) is 0 Å². The average molecular weight is 267 g/mol. The molecule has 4 heteroatoms. The van der Waals surface area contributed by atoms with Crippen molar-refractivity contribution in [2.75, 3.05) is 6.61 Å². The molecule has 0 N–H and O–H groups in total. The molecule has 19 heavy (non-hydrogen) atoms. The molecule has 0 unspecified atom stereocenters. The van der Waals surface area contributed by atoms with Gasteiger partial charge in [-0.25, -0.2) is 4.79 Å². The summed E-state index contributed by atoms with van der Waals surface area (Å²) in [4.78, 5) is 25.1. The summed E-state index contributed by atoms with van der Waals surface area (Å²) in [6, 6.07) is 0.709. The zero-order chi connectivity index (χ0) is 15.0. The fourth-order valence-electron chi connectivity index (χ4n) is 1.72. The van der Waals surface area contributed by atoms with Crippen LogP contribution >= 0.6 is 0 Å². The molecule has 0 bridgehead atoms. The maximum absolute atomic E-state index is 11.6. The summed E-state index contributed by atoms with van der Waals surface area (Å²) in [6.45, 7) is 11.7. The summed E-state index contributed by atoms with van der Waals surface area (Å²) in [5.74, 6) is -0.857. The van der Waals surface area contributed by atoms with Gasteiger partial charge in [0.25, 0.3) is 0 Å². The smallest absolute Gasteiger partial charge is 0.341 e. The topological polar surface area (TPSA) is 46.6 Å². The third-order valence-corrected chi connectivity index (χ3v) is 2.59. The Bertz CT molecular complexity index is 360. The van der Waals surface area contributed by atoms with Gasteiger partial charge in [-0.1, -0.05) is 0 Å². The Morgan fingerprint density at radius 3 is 2.05 bits per heavy atom. The fourth-order valence-corrected chi connectivity index (χ4v) is 1.72. The number of esters is 1. The minimum Gasteiger partial charge on any atom is -0.462 e. The molecule has 0 saturated heterocycles. The molecule has 0 saturated carbocycles. The van der Waals surface area contributed by atoms with Crippen molar-refractivity contribution in [2.24, 2.45) is 0 Å². The van der Waals surface area contributed by atoms with Gasteiger partial charge in [-0.3, -0.25) is 4.79 Å². The van der Waals surface area contributed by atoms with Gasteiger partial charge in [0.05, 0.1) is 6.61 Å². The van der Waals surface area contributed by atoms with E-state index in [4.69, 9.17) is 4.74 Å². The Kier molecular flexibility index (Phi) is 7.80. The summed E-state index contributed by atoms with van der Waals surface area (Å²) in [7, 11) is 0. The number of hydrogen-bond donors (Lipinski definition) is 0. The summed E-state index contributed by atoms with van der Waals surface area (Å²) in [6.07, 6.45) is 5.11. The van der Waals surface area contributed by atoms with E-state index in [0.717, 1.165) is 0 Å². The van der Waals surface area contributed by atoms with Crippen molar-refractivity contribution >= 4 is 11.8 Å². The molecule has 0 aliphatic carbocycles. The lowest BCUT2D eigenvalue weighted by molar-refractivity contribution is -0.139. The van der Waals surface area contributed by atoms with E-state index in [2.05, 4.69) is 32.6 Å². The highest BCUT2D eigenvalue weighted by molar-refractivity contribution is 6.16. The average Bonchev–Trinajstić information content (AvgIpc) is 2.27. The number of carbonyl (C=O) groups excluding carboxylic acids is 2. The van der Waals surface area contributed by atoms with Gasteiger partial charge >= 0.3 is 5.97 Å². The van der Waals surface area contributed by atoms with Crippen LogP contribution < -0.4 is 0 Å². The molecule has 0 aromatic heterocycles. The molecule has 0 atom stereocenters. The standard InChI is InChI=1S/C15H25NO3/c1-7-19-15(18)14(13(6)17)9-8-10-16(11(2)3)12(4)5/h8-12H,7H2,1-6H3/b10-8+,14-9+. The van der Waals surface area contributed by atoms with Crippen LogP contribution in [0.5, 0.6) is 0 Å². The van der Waals surface area contributed by atoms with E-state index in [-0.39, 0.29) is 18.0 Å². The van der Waals surface area contributed by atoms with Gasteiger partial charge in [0.15, 0.2) is 5.78 Å². The largest absolute Gasteiger partial charge is 0.462 e. The Morgan fingerprint density at radius 1 is 1.16 bits per heavy atom. The van der Waals surface area contributed by atoms with Crippen LogP contribution in [0, 0.1) is 0 Å². The fraction of sp³-hybridized carbons (Fsp3) is 0.600. The molecule has 0 amide bonds. The van der Waals surface area contributed by atoms with E-state index in [1.807, 2.05) is 6.20 Å². The molecule has 0 spiro atoms. The van der Waals surface area contributed by atoms with Gasteiger partial charge in [0.2, 0.25) is 0 Å². The molecular weight excluding hydrogens is 242 g/mol. The lowest BCUT2D eigenvalue weighted by Gasteiger charge is -2.29. The second kappa shape index (κ2) is 8.51. The molecule has 0 fully saturated rings. The van der Waals surface area contributed by atoms with Crippen LogP contribution in [0.25, 0.3) is 0 Å². The highest BCUT2D eigenvalue weighted by Gasteiger charge is 2.14. The minimum absolute atomic E-state index is 0.0746. The van der Waals surface area contributed by atoms with Crippen LogP contribution in [-0.2, 0) is 14.3 Å². The predicted octanol–water partition coefficient (Wildman–Crippen LogP) is 2.70. The van der Waals surface area contributed by atoms with E-state index in [1.165, 1.54) is 13.0 Å². The molecule has 108 valence electrons. The quantitative estimate of drug-likeness (QED) is 0.234. The van der Waals surface area contributed by atoms with Crippen LogP contribution in [0.1, 0.15) is 41.5 Å². The number of hydrogen-bond acceptors (Lipinski definition) is 4. The summed E-state index contributed by atoms with van der Waals surface area (Å²) in [5.41, 5.74) is 0.0746. The second-order valence-corrected chi connectivity index (χ2v) is 4.83. The zero-order valence-electron chi connectivity index (χ0n) is 12.8. The number of ketones is 1. The van der Waals surface area contributed by atoms with Crippen LogP contribution in [0.2, 0.25) is 0 Å². The lowest BCUT2D eigenvalue weighted by atomic mass is 10.1. The molecule has 4 nitrogen and oxygen atoms in total. The molecule has 0 rings (SSSR count). The first-order chi connectivity index (χ1) is 8.81. The highest BCUT2D eigenvalue weighted by Crippen LogP contribution is 2.07.